The van der Waals surface area contributed by atoms with E-state index < -0.39 is 5.82 Å². The second-order valence-corrected chi connectivity index (χ2v) is 4.72. The minimum Gasteiger partial charge on any atom is -0.494 e. The van der Waals surface area contributed by atoms with E-state index in [0.717, 1.165) is 0 Å². The van der Waals surface area contributed by atoms with Gasteiger partial charge in [-0.25, -0.2) is 9.37 Å². The summed E-state index contributed by atoms with van der Waals surface area (Å²) in [7, 11) is 1.43. The van der Waals surface area contributed by atoms with Gasteiger partial charge in [0, 0.05) is 17.5 Å². The molecule has 0 saturated heterocycles. The quantitative estimate of drug-likeness (QED) is 0.744. The van der Waals surface area contributed by atoms with Crippen LogP contribution in [0, 0.1) is 5.82 Å². The molecule has 0 bridgehead atoms. The Bertz CT molecular complexity index is 526. The summed E-state index contributed by atoms with van der Waals surface area (Å²) in [6.07, 6.45) is 0. The molecule has 0 radical (unpaired) electrons. The summed E-state index contributed by atoms with van der Waals surface area (Å²) in [6, 6.07) is 2.85. The van der Waals surface area contributed by atoms with Crippen LogP contribution in [-0.4, -0.2) is 12.1 Å². The third kappa shape index (κ3) is 1.75. The Morgan fingerprint density at radius 2 is 2.00 bits per heavy atom. The van der Waals surface area contributed by atoms with Gasteiger partial charge in [0.25, 0.3) is 0 Å². The van der Waals surface area contributed by atoms with Crippen molar-refractivity contribution < 1.29 is 13.5 Å². The summed E-state index contributed by atoms with van der Waals surface area (Å²) in [4.78, 5) is 4.32. The Morgan fingerprint density at radius 3 is 2.56 bits per heavy atom. The lowest BCUT2D eigenvalue weighted by atomic mass is 9.97. The van der Waals surface area contributed by atoms with Crippen LogP contribution in [0.5, 0.6) is 5.75 Å². The number of methoxy groups -OCH3 is 1. The third-order valence-corrected chi connectivity index (χ3v) is 2.30. The van der Waals surface area contributed by atoms with Crippen LogP contribution >= 0.6 is 0 Å². The summed E-state index contributed by atoms with van der Waals surface area (Å²) in [5.74, 6) is 0.336. The van der Waals surface area contributed by atoms with Gasteiger partial charge in [0.1, 0.15) is 5.52 Å². The number of aromatic nitrogens is 1. The number of hydrogen-bond donors (Lipinski definition) is 0. The molecule has 0 aliphatic carbocycles. The minimum atomic E-state index is -0.438. The first-order valence-electron chi connectivity index (χ1n) is 5.06. The van der Waals surface area contributed by atoms with Gasteiger partial charge in [-0.2, -0.15) is 0 Å². The molecule has 1 heterocycles. The van der Waals surface area contributed by atoms with Gasteiger partial charge in [-0.15, -0.1) is 0 Å². The van der Waals surface area contributed by atoms with E-state index in [0.29, 0.717) is 17.0 Å². The molecule has 2 aromatic rings. The molecule has 1 aromatic heterocycles. The van der Waals surface area contributed by atoms with Gasteiger partial charge in [-0.1, -0.05) is 20.8 Å². The van der Waals surface area contributed by atoms with Gasteiger partial charge in [0.2, 0.25) is 5.89 Å². The molecular weight excluding hydrogens is 209 g/mol. The fourth-order valence-corrected chi connectivity index (χ4v) is 1.41. The molecule has 0 fully saturated rings. The van der Waals surface area contributed by atoms with Crippen LogP contribution in [0.4, 0.5) is 4.39 Å². The number of hydrogen-bond acceptors (Lipinski definition) is 3. The van der Waals surface area contributed by atoms with Gasteiger partial charge >= 0.3 is 0 Å². The monoisotopic (exact) mass is 223 g/mol. The summed E-state index contributed by atoms with van der Waals surface area (Å²) in [5, 5.41) is 0. The van der Waals surface area contributed by atoms with Crippen molar-refractivity contribution in [2.45, 2.75) is 26.2 Å². The lowest BCUT2D eigenvalue weighted by Gasteiger charge is -2.11. The molecule has 4 heteroatoms. The van der Waals surface area contributed by atoms with Gasteiger partial charge in [0.15, 0.2) is 17.1 Å². The van der Waals surface area contributed by atoms with Gasteiger partial charge in [-0.3, -0.25) is 0 Å². The molecule has 0 atom stereocenters. The molecule has 0 spiro atoms. The number of halogens is 1. The van der Waals surface area contributed by atoms with Crippen molar-refractivity contribution in [2.75, 3.05) is 7.11 Å². The van der Waals surface area contributed by atoms with E-state index in [1.54, 1.807) is 6.07 Å². The molecule has 16 heavy (non-hydrogen) atoms. The molecule has 86 valence electrons. The number of rotatable bonds is 1. The van der Waals surface area contributed by atoms with Gasteiger partial charge in [0.05, 0.1) is 7.11 Å². The number of benzene rings is 1. The minimum absolute atomic E-state index is 0.182. The summed E-state index contributed by atoms with van der Waals surface area (Å²) in [5.41, 5.74) is 0.870. The maximum absolute atomic E-state index is 13.4. The molecule has 0 aliphatic rings. The average Bonchev–Trinajstić information content (AvgIpc) is 2.58. The smallest absolute Gasteiger partial charge is 0.200 e. The Labute approximate surface area is 93.2 Å². The summed E-state index contributed by atoms with van der Waals surface area (Å²) >= 11 is 0. The van der Waals surface area contributed by atoms with Crippen molar-refractivity contribution in [3.05, 3.63) is 23.8 Å². The molecule has 0 amide bonds. The van der Waals surface area contributed by atoms with E-state index in [-0.39, 0.29) is 11.2 Å². The topological polar surface area (TPSA) is 35.3 Å². The molecular formula is C12H14FNO2. The third-order valence-electron chi connectivity index (χ3n) is 2.30. The van der Waals surface area contributed by atoms with Crippen LogP contribution < -0.4 is 4.74 Å². The zero-order valence-electron chi connectivity index (χ0n) is 9.80. The van der Waals surface area contributed by atoms with E-state index in [2.05, 4.69) is 4.98 Å². The number of oxazole rings is 1. The molecule has 0 N–H and O–H groups in total. The highest BCUT2D eigenvalue weighted by atomic mass is 19.1. The van der Waals surface area contributed by atoms with Crippen LogP contribution in [-0.2, 0) is 5.41 Å². The largest absolute Gasteiger partial charge is 0.494 e. The van der Waals surface area contributed by atoms with Gasteiger partial charge < -0.3 is 9.15 Å². The average molecular weight is 223 g/mol. The molecule has 0 aliphatic heterocycles. The van der Waals surface area contributed by atoms with Crippen LogP contribution in [0.25, 0.3) is 11.1 Å². The maximum Gasteiger partial charge on any atom is 0.200 e. The maximum atomic E-state index is 13.4. The first-order valence-corrected chi connectivity index (χ1v) is 5.06. The van der Waals surface area contributed by atoms with E-state index in [4.69, 9.17) is 9.15 Å². The lowest BCUT2D eigenvalue weighted by molar-refractivity contribution is 0.386. The van der Waals surface area contributed by atoms with E-state index in [1.165, 1.54) is 13.2 Å². The highest BCUT2D eigenvalue weighted by Crippen LogP contribution is 2.29. The number of nitrogens with zero attached hydrogens (tertiary/aromatic N) is 1. The van der Waals surface area contributed by atoms with Gasteiger partial charge in [-0.05, 0) is 0 Å². The van der Waals surface area contributed by atoms with Crippen LogP contribution in [0.1, 0.15) is 26.7 Å². The molecule has 1 aromatic carbocycles. The standard InChI is InChI=1S/C12H14FNO2/c1-12(2,3)11-14-8-6-9(15-4)7(13)5-10(8)16-11/h5-6H,1-4H3. The van der Waals surface area contributed by atoms with Crippen molar-refractivity contribution in [1.29, 1.82) is 0 Å². The normalized spacial score (nSPS) is 12.1. The van der Waals surface area contributed by atoms with Crippen molar-refractivity contribution in [3.8, 4) is 5.75 Å². The Kier molecular flexibility index (Phi) is 2.37. The summed E-state index contributed by atoms with van der Waals surface area (Å²) in [6.45, 7) is 5.97. The van der Waals surface area contributed by atoms with E-state index >= 15 is 0 Å². The van der Waals surface area contributed by atoms with E-state index in [9.17, 15) is 4.39 Å². The highest BCUT2D eigenvalue weighted by molar-refractivity contribution is 5.74. The molecule has 0 saturated carbocycles. The van der Waals surface area contributed by atoms with Crippen LogP contribution in [0.3, 0.4) is 0 Å². The predicted molar refractivity (Wildman–Crippen MR) is 59.2 cm³/mol. The predicted octanol–water partition coefficient (Wildman–Crippen LogP) is 3.27. The number of ether oxygens (including phenoxy) is 1. The van der Waals surface area contributed by atoms with Crippen molar-refractivity contribution in [2.24, 2.45) is 0 Å². The van der Waals surface area contributed by atoms with Crippen LogP contribution in [0.15, 0.2) is 16.5 Å². The fraction of sp³-hybridized carbons (Fsp3) is 0.417. The van der Waals surface area contributed by atoms with Crippen molar-refractivity contribution >= 4 is 11.1 Å². The Hall–Kier alpha value is -1.58. The first-order chi connectivity index (χ1) is 7.41. The highest BCUT2D eigenvalue weighted by Gasteiger charge is 2.21. The van der Waals surface area contributed by atoms with Crippen molar-refractivity contribution in [3.63, 3.8) is 0 Å². The van der Waals surface area contributed by atoms with Crippen molar-refractivity contribution in [1.82, 2.24) is 4.98 Å². The summed E-state index contributed by atoms with van der Waals surface area (Å²) < 4.78 is 23.8. The zero-order chi connectivity index (χ0) is 11.9. The number of fused-ring (bicyclic) bond motifs is 1. The first kappa shape index (κ1) is 10.9. The fourth-order valence-electron chi connectivity index (χ4n) is 1.41. The Balaban J connectivity index is 2.63. The molecule has 0 unspecified atom stereocenters. The second kappa shape index (κ2) is 3.47. The Morgan fingerprint density at radius 1 is 1.31 bits per heavy atom. The van der Waals surface area contributed by atoms with E-state index in [1.807, 2.05) is 20.8 Å². The van der Waals surface area contributed by atoms with Crippen LogP contribution in [0.2, 0.25) is 0 Å². The zero-order valence-corrected chi connectivity index (χ0v) is 9.80. The SMILES string of the molecule is COc1cc2nc(C(C)(C)C)oc2cc1F. The molecule has 2 rings (SSSR count). The molecule has 3 nitrogen and oxygen atoms in total. The lowest BCUT2D eigenvalue weighted by Crippen LogP contribution is -2.10. The second-order valence-electron chi connectivity index (χ2n) is 4.72.